The average molecular weight is 474 g/mol. The summed E-state index contributed by atoms with van der Waals surface area (Å²) in [6.07, 6.45) is 19.5. The molecule has 0 aromatic heterocycles. The van der Waals surface area contributed by atoms with E-state index in [2.05, 4.69) is 24.4 Å². The monoisotopic (exact) mass is 473 g/mol. The third-order valence-corrected chi connectivity index (χ3v) is 6.64. The molecular weight excluding hydrogens is 434 g/mol. The van der Waals surface area contributed by atoms with Gasteiger partial charge >= 0.3 is 0 Å². The highest BCUT2D eigenvalue weighted by molar-refractivity contribution is 6.30. The third kappa shape index (κ3) is 7.74. The first-order valence-electron chi connectivity index (χ1n) is 13.4. The molecule has 0 fully saturated rings. The summed E-state index contributed by atoms with van der Waals surface area (Å²) in [5.41, 5.74) is 1.91. The Bertz CT molecular complexity index is 1040. The number of allylic oxidation sites excluding steroid dienone is 2. The molecule has 1 amide bonds. The van der Waals surface area contributed by atoms with Gasteiger partial charge in [0.25, 0.3) is 0 Å². The molecule has 35 heavy (non-hydrogen) atoms. The molecule has 0 atom stereocenters. The van der Waals surface area contributed by atoms with Gasteiger partial charge in [-0.15, -0.1) is 0 Å². The van der Waals surface area contributed by atoms with Crippen LogP contribution in [-0.2, 0) is 4.79 Å². The molecule has 3 rings (SSSR count). The Balaban J connectivity index is 1.35. The smallest absolute Gasteiger partial charge is 0.224 e. The lowest BCUT2D eigenvalue weighted by Crippen LogP contribution is -2.23. The van der Waals surface area contributed by atoms with Crippen molar-refractivity contribution in [1.82, 2.24) is 0 Å². The van der Waals surface area contributed by atoms with Crippen LogP contribution in [0.1, 0.15) is 122 Å². The summed E-state index contributed by atoms with van der Waals surface area (Å²) < 4.78 is 0. The minimum atomic E-state index is -0.212. The van der Waals surface area contributed by atoms with Crippen LogP contribution in [0.4, 0.5) is 5.69 Å². The fraction of sp³-hybridized carbons (Fsp3) is 0.452. The number of hydrogen-bond acceptors (Lipinski definition) is 3. The van der Waals surface area contributed by atoms with Gasteiger partial charge in [-0.05, 0) is 38.2 Å². The molecule has 1 N–H and O–H groups in total. The third-order valence-electron chi connectivity index (χ3n) is 6.64. The number of hydrogen-bond donors (Lipinski definition) is 1. The summed E-state index contributed by atoms with van der Waals surface area (Å²) in [4.78, 5) is 38.4. The van der Waals surface area contributed by atoms with E-state index >= 15 is 0 Å². The zero-order valence-corrected chi connectivity index (χ0v) is 21.1. The van der Waals surface area contributed by atoms with E-state index in [4.69, 9.17) is 0 Å². The van der Waals surface area contributed by atoms with E-state index in [1.165, 1.54) is 44.9 Å². The predicted molar refractivity (Wildman–Crippen MR) is 143 cm³/mol. The Hall–Kier alpha value is -3.01. The van der Waals surface area contributed by atoms with Crippen LogP contribution in [0.2, 0.25) is 0 Å². The van der Waals surface area contributed by atoms with Gasteiger partial charge in [0.15, 0.2) is 11.6 Å². The minimum Gasteiger partial charge on any atom is -0.325 e. The van der Waals surface area contributed by atoms with Crippen LogP contribution < -0.4 is 5.32 Å². The summed E-state index contributed by atoms with van der Waals surface area (Å²) >= 11 is 0. The molecule has 2 aromatic rings. The number of benzene rings is 2. The molecule has 4 nitrogen and oxygen atoms in total. The van der Waals surface area contributed by atoms with Crippen LogP contribution in [0.15, 0.2) is 54.6 Å². The Morgan fingerprint density at radius 3 is 1.94 bits per heavy atom. The first kappa shape index (κ1) is 26.6. The summed E-state index contributed by atoms with van der Waals surface area (Å²) in [7, 11) is 0. The van der Waals surface area contributed by atoms with Crippen molar-refractivity contribution in [2.75, 3.05) is 5.32 Å². The van der Waals surface area contributed by atoms with Gasteiger partial charge in [0, 0.05) is 23.1 Å². The molecular formula is C31H39NO3. The van der Waals surface area contributed by atoms with Gasteiger partial charge in [0.05, 0.1) is 11.3 Å². The van der Waals surface area contributed by atoms with Gasteiger partial charge in [-0.1, -0.05) is 100 Å². The van der Waals surface area contributed by atoms with E-state index in [0.717, 1.165) is 32.1 Å². The molecule has 0 saturated carbocycles. The van der Waals surface area contributed by atoms with Gasteiger partial charge < -0.3 is 5.32 Å². The van der Waals surface area contributed by atoms with Crippen LogP contribution in [0.5, 0.6) is 0 Å². The van der Waals surface area contributed by atoms with Crippen LogP contribution in [0, 0.1) is 0 Å². The van der Waals surface area contributed by atoms with Crippen molar-refractivity contribution in [3.05, 3.63) is 76.9 Å². The molecule has 0 saturated heterocycles. The number of carbonyl (C=O) groups excluding carboxylic acids is 3. The van der Waals surface area contributed by atoms with Crippen molar-refractivity contribution in [1.29, 1.82) is 0 Å². The van der Waals surface area contributed by atoms with Crippen LogP contribution in [0.3, 0.4) is 0 Å². The Morgan fingerprint density at radius 1 is 0.686 bits per heavy atom. The van der Waals surface area contributed by atoms with Gasteiger partial charge in [-0.3, -0.25) is 14.4 Å². The molecule has 4 heteroatoms. The lowest BCUT2D eigenvalue weighted by molar-refractivity contribution is -0.116. The van der Waals surface area contributed by atoms with Crippen LogP contribution in [-0.4, -0.2) is 17.5 Å². The first-order chi connectivity index (χ1) is 17.1. The van der Waals surface area contributed by atoms with Crippen LogP contribution in [0.25, 0.3) is 0 Å². The number of nitrogens with one attached hydrogen (secondary N) is 1. The van der Waals surface area contributed by atoms with Crippen molar-refractivity contribution >= 4 is 23.2 Å². The maximum atomic E-state index is 13.0. The molecule has 2 aromatic carbocycles. The summed E-state index contributed by atoms with van der Waals surface area (Å²) in [5.74, 6) is -0.501. The van der Waals surface area contributed by atoms with Gasteiger partial charge in [-0.2, -0.15) is 0 Å². The highest BCUT2D eigenvalue weighted by Gasteiger charge is 2.31. The van der Waals surface area contributed by atoms with Gasteiger partial charge in [-0.25, -0.2) is 0 Å². The zero-order chi connectivity index (χ0) is 24.9. The lowest BCUT2D eigenvalue weighted by atomic mass is 9.83. The number of anilines is 1. The molecule has 0 unspecified atom stereocenters. The molecule has 0 bridgehead atoms. The summed E-state index contributed by atoms with van der Waals surface area (Å²) in [5, 5.41) is 2.88. The molecule has 0 heterocycles. The maximum absolute atomic E-state index is 13.0. The van der Waals surface area contributed by atoms with Crippen molar-refractivity contribution in [3.8, 4) is 0 Å². The lowest BCUT2D eigenvalue weighted by Gasteiger charge is -2.20. The van der Waals surface area contributed by atoms with E-state index in [-0.39, 0.29) is 17.5 Å². The predicted octanol–water partition coefficient (Wildman–Crippen LogP) is 8.05. The van der Waals surface area contributed by atoms with Crippen molar-refractivity contribution in [2.24, 2.45) is 0 Å². The molecule has 1 aliphatic rings. The molecule has 1 aliphatic carbocycles. The number of ketones is 2. The minimum absolute atomic E-state index is 0.114. The maximum Gasteiger partial charge on any atom is 0.224 e. The largest absolute Gasteiger partial charge is 0.325 e. The van der Waals surface area contributed by atoms with E-state index < -0.39 is 0 Å². The average Bonchev–Trinajstić information content (AvgIpc) is 2.87. The van der Waals surface area contributed by atoms with Crippen molar-refractivity contribution < 1.29 is 14.4 Å². The van der Waals surface area contributed by atoms with E-state index in [0.29, 0.717) is 34.4 Å². The number of amides is 1. The number of fused-ring (bicyclic) bond motifs is 2. The topological polar surface area (TPSA) is 63.2 Å². The first-order valence-corrected chi connectivity index (χ1v) is 13.4. The van der Waals surface area contributed by atoms with E-state index in [9.17, 15) is 14.4 Å². The summed E-state index contributed by atoms with van der Waals surface area (Å²) in [6, 6.07) is 11.9. The number of rotatable bonds is 15. The summed E-state index contributed by atoms with van der Waals surface area (Å²) in [6.45, 7) is 2.25. The zero-order valence-electron chi connectivity index (χ0n) is 21.1. The standard InChI is InChI=1S/C31H39NO3/c1-2-3-4-5-6-7-8-9-10-11-12-13-14-15-23-28(33)32-27-22-18-21-26-29(27)31(35)25-20-17-16-19-24(25)30(26)34/h9-10,16-22H,2-8,11-15,23H2,1H3,(H,32,33)/b10-9+. The van der Waals surface area contributed by atoms with Gasteiger partial charge in [0.1, 0.15) is 0 Å². The number of carbonyl (C=O) groups is 3. The molecule has 0 radical (unpaired) electrons. The Labute approximate surface area is 210 Å². The second-order valence-corrected chi connectivity index (χ2v) is 9.46. The molecule has 186 valence electrons. The quantitative estimate of drug-likeness (QED) is 0.179. The number of unbranched alkanes of at least 4 members (excludes halogenated alkanes) is 10. The molecule has 0 spiro atoms. The Kier molecular flexibility index (Phi) is 10.9. The fourth-order valence-corrected chi connectivity index (χ4v) is 4.64. The van der Waals surface area contributed by atoms with E-state index in [1.807, 2.05) is 0 Å². The molecule has 0 aliphatic heterocycles. The van der Waals surface area contributed by atoms with E-state index in [1.54, 1.807) is 42.5 Å². The van der Waals surface area contributed by atoms with Crippen molar-refractivity contribution in [3.63, 3.8) is 0 Å². The highest BCUT2D eigenvalue weighted by Crippen LogP contribution is 2.32. The second kappa shape index (κ2) is 14.4. The fourth-order valence-electron chi connectivity index (χ4n) is 4.64. The Morgan fingerprint density at radius 2 is 1.26 bits per heavy atom. The van der Waals surface area contributed by atoms with Crippen molar-refractivity contribution in [2.45, 2.75) is 90.4 Å². The SMILES string of the molecule is CCCCCCCC/C=C/CCCCCCC(=O)Nc1cccc2c1C(=O)c1ccccc1C2=O. The normalized spacial score (nSPS) is 12.6. The highest BCUT2D eigenvalue weighted by atomic mass is 16.2. The second-order valence-electron chi connectivity index (χ2n) is 9.46. The van der Waals surface area contributed by atoms with Crippen LogP contribution >= 0.6 is 0 Å². The van der Waals surface area contributed by atoms with Gasteiger partial charge in [0.2, 0.25) is 5.91 Å².